The SMILES string of the molecule is Cc1cccc(OC2=CCN(CCCN(c3ccccc3)c3ccccc3)CC2)c1.O=C(O)CCC(=O)O. The van der Waals surface area contributed by atoms with E-state index in [1.165, 1.54) is 16.9 Å². The number of benzene rings is 3. The van der Waals surface area contributed by atoms with E-state index in [0.29, 0.717) is 0 Å². The van der Waals surface area contributed by atoms with Crippen molar-refractivity contribution in [2.75, 3.05) is 31.1 Å². The van der Waals surface area contributed by atoms with E-state index in [4.69, 9.17) is 14.9 Å². The Kier molecular flexibility index (Phi) is 11.4. The second kappa shape index (κ2) is 15.2. The fourth-order valence-electron chi connectivity index (χ4n) is 4.11. The molecule has 0 saturated carbocycles. The van der Waals surface area contributed by atoms with Crippen molar-refractivity contribution in [3.63, 3.8) is 0 Å². The topological polar surface area (TPSA) is 90.3 Å². The Balaban J connectivity index is 0.000000436. The molecular weight excluding hydrogens is 480 g/mol. The summed E-state index contributed by atoms with van der Waals surface area (Å²) in [5, 5.41) is 15.8. The van der Waals surface area contributed by atoms with Crippen LogP contribution >= 0.6 is 0 Å². The largest absolute Gasteiger partial charge is 0.481 e. The fourth-order valence-corrected chi connectivity index (χ4v) is 4.11. The van der Waals surface area contributed by atoms with Gasteiger partial charge < -0.3 is 19.8 Å². The first-order valence-corrected chi connectivity index (χ1v) is 12.9. The molecule has 0 amide bonds. The van der Waals surface area contributed by atoms with E-state index in [9.17, 15) is 9.59 Å². The second-order valence-electron chi connectivity index (χ2n) is 9.10. The molecule has 3 aromatic carbocycles. The molecule has 7 nitrogen and oxygen atoms in total. The van der Waals surface area contributed by atoms with Crippen LogP contribution in [0.3, 0.4) is 0 Å². The maximum absolute atomic E-state index is 9.64. The van der Waals surface area contributed by atoms with Gasteiger partial charge in [-0.25, -0.2) is 0 Å². The molecule has 3 aromatic rings. The summed E-state index contributed by atoms with van der Waals surface area (Å²) in [6, 6.07) is 29.6. The number of nitrogens with zero attached hydrogens (tertiary/aromatic N) is 2. The molecule has 4 rings (SSSR count). The molecule has 0 aromatic heterocycles. The molecule has 0 radical (unpaired) electrons. The second-order valence-corrected chi connectivity index (χ2v) is 9.10. The van der Waals surface area contributed by atoms with Gasteiger partial charge in [0.05, 0.1) is 12.8 Å². The molecule has 200 valence electrons. The van der Waals surface area contributed by atoms with E-state index in [2.05, 4.69) is 95.6 Å². The molecule has 0 atom stereocenters. The van der Waals surface area contributed by atoms with Crippen LogP contribution in [0.25, 0.3) is 0 Å². The molecule has 0 spiro atoms. The quantitative estimate of drug-likeness (QED) is 0.317. The summed E-state index contributed by atoms with van der Waals surface area (Å²) in [5.41, 5.74) is 3.72. The summed E-state index contributed by atoms with van der Waals surface area (Å²) in [4.78, 5) is 24.2. The van der Waals surface area contributed by atoms with E-state index < -0.39 is 11.9 Å². The normalized spacial score (nSPS) is 13.0. The van der Waals surface area contributed by atoms with Gasteiger partial charge in [0.2, 0.25) is 0 Å². The van der Waals surface area contributed by atoms with Crippen molar-refractivity contribution in [1.82, 2.24) is 4.90 Å². The summed E-state index contributed by atoms with van der Waals surface area (Å²) in [6.07, 6.45) is 3.73. The Hall–Kier alpha value is -4.10. The van der Waals surface area contributed by atoms with Crippen molar-refractivity contribution in [3.8, 4) is 5.75 Å². The monoisotopic (exact) mass is 516 g/mol. The summed E-state index contributed by atoms with van der Waals surface area (Å²) in [7, 11) is 0. The van der Waals surface area contributed by atoms with E-state index in [-0.39, 0.29) is 12.8 Å². The number of carbonyl (C=O) groups is 2. The molecule has 38 heavy (non-hydrogen) atoms. The van der Waals surface area contributed by atoms with Crippen molar-refractivity contribution in [2.45, 2.75) is 32.6 Å². The number of ether oxygens (including phenoxy) is 1. The Morgan fingerprint density at radius 3 is 1.97 bits per heavy atom. The maximum atomic E-state index is 9.64. The Bertz CT molecular complexity index is 1130. The first-order valence-electron chi connectivity index (χ1n) is 12.9. The van der Waals surface area contributed by atoms with Gasteiger partial charge >= 0.3 is 11.9 Å². The maximum Gasteiger partial charge on any atom is 0.303 e. The third-order valence-electron chi connectivity index (χ3n) is 6.03. The van der Waals surface area contributed by atoms with Crippen LogP contribution in [0.2, 0.25) is 0 Å². The highest BCUT2D eigenvalue weighted by Crippen LogP contribution is 2.25. The number of aliphatic carboxylic acids is 2. The summed E-state index contributed by atoms with van der Waals surface area (Å²) in [5.74, 6) is -0.122. The van der Waals surface area contributed by atoms with Crippen LogP contribution in [-0.4, -0.2) is 53.2 Å². The number of hydrogen-bond acceptors (Lipinski definition) is 5. The summed E-state index contributed by atoms with van der Waals surface area (Å²) >= 11 is 0. The average Bonchev–Trinajstić information content (AvgIpc) is 2.92. The smallest absolute Gasteiger partial charge is 0.303 e. The average molecular weight is 517 g/mol. The highest BCUT2D eigenvalue weighted by molar-refractivity contribution is 5.75. The van der Waals surface area contributed by atoms with Gasteiger partial charge in [-0.2, -0.15) is 0 Å². The van der Waals surface area contributed by atoms with Crippen LogP contribution in [0.5, 0.6) is 5.75 Å². The minimum absolute atomic E-state index is 0.296. The first kappa shape index (κ1) is 28.5. The van der Waals surface area contributed by atoms with Gasteiger partial charge in [-0.3, -0.25) is 14.5 Å². The molecule has 0 unspecified atom stereocenters. The van der Waals surface area contributed by atoms with Crippen LogP contribution in [0.1, 0.15) is 31.2 Å². The third-order valence-corrected chi connectivity index (χ3v) is 6.03. The van der Waals surface area contributed by atoms with Gasteiger partial charge in [0.15, 0.2) is 0 Å². The number of carboxylic acid groups (broad SMARTS) is 2. The lowest BCUT2D eigenvalue weighted by Crippen LogP contribution is -2.32. The van der Waals surface area contributed by atoms with Crippen LogP contribution in [0.15, 0.2) is 96.8 Å². The molecule has 0 saturated heterocycles. The molecule has 0 fully saturated rings. The van der Waals surface area contributed by atoms with E-state index in [1.807, 2.05) is 12.1 Å². The van der Waals surface area contributed by atoms with Gasteiger partial charge in [-0.05, 0) is 61.4 Å². The number of aryl methyl sites for hydroxylation is 1. The Labute approximate surface area is 224 Å². The first-order chi connectivity index (χ1) is 18.4. The lowest BCUT2D eigenvalue weighted by molar-refractivity contribution is -0.143. The van der Waals surface area contributed by atoms with Crippen LogP contribution in [0, 0.1) is 6.92 Å². The molecule has 0 bridgehead atoms. The lowest BCUT2D eigenvalue weighted by Gasteiger charge is -2.29. The van der Waals surface area contributed by atoms with E-state index >= 15 is 0 Å². The lowest BCUT2D eigenvalue weighted by atomic mass is 10.2. The minimum Gasteiger partial charge on any atom is -0.481 e. The van der Waals surface area contributed by atoms with E-state index in [0.717, 1.165) is 50.5 Å². The van der Waals surface area contributed by atoms with Crippen molar-refractivity contribution < 1.29 is 24.5 Å². The molecule has 7 heteroatoms. The summed E-state index contributed by atoms with van der Waals surface area (Å²) < 4.78 is 6.07. The van der Waals surface area contributed by atoms with Crippen molar-refractivity contribution >= 4 is 23.3 Å². The Morgan fingerprint density at radius 2 is 1.47 bits per heavy atom. The molecule has 1 aliphatic rings. The zero-order valence-electron chi connectivity index (χ0n) is 21.8. The molecule has 1 aliphatic heterocycles. The fraction of sp³-hybridized carbons (Fsp3) is 0.290. The van der Waals surface area contributed by atoms with Crippen LogP contribution in [0.4, 0.5) is 11.4 Å². The van der Waals surface area contributed by atoms with Gasteiger partial charge in [0.25, 0.3) is 0 Å². The highest BCUT2D eigenvalue weighted by Gasteiger charge is 2.14. The van der Waals surface area contributed by atoms with Crippen molar-refractivity contribution in [3.05, 3.63) is 102 Å². The van der Waals surface area contributed by atoms with Crippen LogP contribution in [-0.2, 0) is 9.59 Å². The zero-order valence-corrected chi connectivity index (χ0v) is 21.8. The van der Waals surface area contributed by atoms with Gasteiger partial charge in [-0.1, -0.05) is 48.5 Å². The third kappa shape index (κ3) is 10.1. The van der Waals surface area contributed by atoms with E-state index in [1.54, 1.807) is 0 Å². The molecular formula is C31H36N2O5. The molecule has 2 N–H and O–H groups in total. The summed E-state index contributed by atoms with van der Waals surface area (Å²) in [6.45, 7) is 6.19. The Morgan fingerprint density at radius 1 is 0.868 bits per heavy atom. The highest BCUT2D eigenvalue weighted by atomic mass is 16.5. The van der Waals surface area contributed by atoms with Crippen molar-refractivity contribution in [2.24, 2.45) is 0 Å². The predicted octanol–water partition coefficient (Wildman–Crippen LogP) is 6.13. The molecule has 1 heterocycles. The van der Waals surface area contributed by atoms with Gasteiger partial charge in [-0.15, -0.1) is 0 Å². The number of carboxylic acids is 2. The van der Waals surface area contributed by atoms with Crippen molar-refractivity contribution in [1.29, 1.82) is 0 Å². The van der Waals surface area contributed by atoms with Gasteiger partial charge in [0.1, 0.15) is 11.5 Å². The predicted molar refractivity (Wildman–Crippen MR) is 150 cm³/mol. The van der Waals surface area contributed by atoms with Crippen LogP contribution < -0.4 is 9.64 Å². The molecule has 0 aliphatic carbocycles. The standard InChI is InChI=1S/C27H30N2O.C4H6O4/c1-23-10-8-15-27(22-23)30-26-16-20-28(21-17-26)18-9-19-29(24-11-4-2-5-12-24)25-13-6-3-7-14-25;5-3(6)1-2-4(7)8/h2-8,10-16,22H,9,17-21H2,1H3;1-2H2,(H,5,6)(H,7,8). The number of anilines is 2. The minimum atomic E-state index is -1.08. The number of para-hydroxylation sites is 2. The number of hydrogen-bond donors (Lipinski definition) is 2. The number of rotatable bonds is 11. The van der Waals surface area contributed by atoms with Gasteiger partial charge in [0, 0.05) is 44.0 Å². The zero-order chi connectivity index (χ0) is 27.2.